The molecule has 0 aliphatic heterocycles. The second kappa shape index (κ2) is 8.65. The van der Waals surface area contributed by atoms with E-state index < -0.39 is 11.7 Å². The van der Waals surface area contributed by atoms with Crippen LogP contribution in [0.15, 0.2) is 5.38 Å². The first-order valence-corrected chi connectivity index (χ1v) is 9.33. The van der Waals surface area contributed by atoms with E-state index in [9.17, 15) is 9.59 Å². The van der Waals surface area contributed by atoms with Crippen molar-refractivity contribution in [2.45, 2.75) is 72.6 Å². The van der Waals surface area contributed by atoms with E-state index in [4.69, 9.17) is 9.47 Å². The molecule has 0 spiro atoms. The van der Waals surface area contributed by atoms with Crippen molar-refractivity contribution in [1.29, 1.82) is 0 Å². The molecule has 0 fully saturated rings. The molecule has 0 saturated carbocycles. The number of esters is 1. The van der Waals surface area contributed by atoms with Crippen molar-refractivity contribution in [3.63, 3.8) is 0 Å². The van der Waals surface area contributed by atoms with Gasteiger partial charge in [0.1, 0.15) is 10.6 Å². The van der Waals surface area contributed by atoms with Crippen LogP contribution >= 0.6 is 11.3 Å². The maximum Gasteiger partial charge on any atom is 0.410 e. The number of aromatic nitrogens is 1. The van der Waals surface area contributed by atoms with Crippen LogP contribution in [0.25, 0.3) is 0 Å². The van der Waals surface area contributed by atoms with Gasteiger partial charge in [0.25, 0.3) is 0 Å². The van der Waals surface area contributed by atoms with Crippen molar-refractivity contribution in [2.75, 3.05) is 7.05 Å². The number of nitrogens with zero attached hydrogens (tertiary/aromatic N) is 2. The Bertz CT molecular complexity index is 592. The van der Waals surface area contributed by atoms with Crippen molar-refractivity contribution in [3.8, 4) is 0 Å². The van der Waals surface area contributed by atoms with Gasteiger partial charge in [-0.15, -0.1) is 11.3 Å². The van der Waals surface area contributed by atoms with Gasteiger partial charge in [0.15, 0.2) is 6.10 Å². The quantitative estimate of drug-likeness (QED) is 0.697. The van der Waals surface area contributed by atoms with E-state index in [2.05, 4.69) is 4.98 Å². The number of ether oxygens (including phenoxy) is 2. The third-order valence-corrected chi connectivity index (χ3v) is 4.68. The number of hydrogen-bond acceptors (Lipinski definition) is 6. The van der Waals surface area contributed by atoms with Crippen LogP contribution in [0.1, 0.15) is 64.8 Å². The summed E-state index contributed by atoms with van der Waals surface area (Å²) in [6.07, 6.45) is -0.392. The molecular weight excluding hydrogens is 340 g/mol. The SMILES string of the molecule is CC(=O)O[C@@H](CC(C(C)C)N(C)C(=O)OC(C)(C)C)c1nc(C)cs1. The Morgan fingerprint density at radius 3 is 2.32 bits per heavy atom. The lowest BCUT2D eigenvalue weighted by Gasteiger charge is -2.34. The second-order valence-corrected chi connectivity index (χ2v) is 8.45. The minimum absolute atomic E-state index is 0.150. The fraction of sp³-hybridized carbons (Fsp3) is 0.722. The van der Waals surface area contributed by atoms with Gasteiger partial charge in [-0.3, -0.25) is 4.79 Å². The smallest absolute Gasteiger partial charge is 0.410 e. The number of carbonyl (C=O) groups is 2. The van der Waals surface area contributed by atoms with Gasteiger partial charge in [0.05, 0.1) is 0 Å². The molecule has 6 nitrogen and oxygen atoms in total. The molecule has 0 aromatic carbocycles. The first-order chi connectivity index (χ1) is 11.4. The van der Waals surface area contributed by atoms with Crippen LogP contribution in [0, 0.1) is 12.8 Å². The summed E-state index contributed by atoms with van der Waals surface area (Å²) in [5.41, 5.74) is 0.327. The van der Waals surface area contributed by atoms with Crippen molar-refractivity contribution in [3.05, 3.63) is 16.1 Å². The van der Waals surface area contributed by atoms with Crippen molar-refractivity contribution in [2.24, 2.45) is 5.92 Å². The van der Waals surface area contributed by atoms with Gasteiger partial charge in [-0.25, -0.2) is 9.78 Å². The zero-order valence-corrected chi connectivity index (χ0v) is 17.3. The van der Waals surface area contributed by atoms with E-state index >= 15 is 0 Å². The summed E-state index contributed by atoms with van der Waals surface area (Å²) in [5.74, 6) is -0.197. The molecule has 0 N–H and O–H groups in total. The summed E-state index contributed by atoms with van der Waals surface area (Å²) in [5, 5.41) is 2.67. The highest BCUT2D eigenvalue weighted by molar-refractivity contribution is 7.09. The van der Waals surface area contributed by atoms with Gasteiger partial charge in [0, 0.05) is 37.5 Å². The summed E-state index contributed by atoms with van der Waals surface area (Å²) >= 11 is 1.46. The monoisotopic (exact) mass is 370 g/mol. The van der Waals surface area contributed by atoms with Crippen LogP contribution in [0.3, 0.4) is 0 Å². The third kappa shape index (κ3) is 7.02. The Labute approximate surface area is 154 Å². The lowest BCUT2D eigenvalue weighted by Crippen LogP contribution is -2.44. The summed E-state index contributed by atoms with van der Waals surface area (Å²) in [7, 11) is 1.72. The van der Waals surface area contributed by atoms with Gasteiger partial charge in [-0.05, 0) is 33.6 Å². The van der Waals surface area contributed by atoms with Gasteiger partial charge in [0.2, 0.25) is 0 Å². The molecular formula is C18H30N2O4S. The minimum atomic E-state index is -0.561. The van der Waals surface area contributed by atoms with Gasteiger partial charge < -0.3 is 14.4 Å². The molecule has 0 saturated heterocycles. The number of amides is 1. The summed E-state index contributed by atoms with van der Waals surface area (Å²) < 4.78 is 11.0. The topological polar surface area (TPSA) is 68.7 Å². The highest BCUT2D eigenvalue weighted by Gasteiger charge is 2.32. The molecule has 1 unspecified atom stereocenters. The molecule has 0 aliphatic carbocycles. The van der Waals surface area contributed by atoms with Crippen LogP contribution in [-0.2, 0) is 14.3 Å². The Morgan fingerprint density at radius 2 is 1.92 bits per heavy atom. The fourth-order valence-corrected chi connectivity index (χ4v) is 3.32. The molecule has 7 heteroatoms. The molecule has 1 aromatic heterocycles. The number of carbonyl (C=O) groups excluding carboxylic acids is 2. The number of hydrogen-bond donors (Lipinski definition) is 0. The third-order valence-electron chi connectivity index (χ3n) is 3.62. The summed E-state index contributed by atoms with van der Waals surface area (Å²) in [6.45, 7) is 12.9. The van der Waals surface area contributed by atoms with Crippen molar-refractivity contribution < 1.29 is 19.1 Å². The molecule has 2 atom stereocenters. The largest absolute Gasteiger partial charge is 0.455 e. The maximum absolute atomic E-state index is 12.4. The molecule has 1 heterocycles. The lowest BCUT2D eigenvalue weighted by molar-refractivity contribution is -0.147. The fourth-order valence-electron chi connectivity index (χ4n) is 2.49. The van der Waals surface area contributed by atoms with Crippen LogP contribution < -0.4 is 0 Å². The second-order valence-electron chi connectivity index (χ2n) is 7.56. The van der Waals surface area contributed by atoms with Crippen molar-refractivity contribution in [1.82, 2.24) is 9.88 Å². The molecule has 1 rings (SSSR count). The normalized spacial score (nSPS) is 14.1. The summed E-state index contributed by atoms with van der Waals surface area (Å²) in [4.78, 5) is 30.0. The Morgan fingerprint density at radius 1 is 1.32 bits per heavy atom. The van der Waals surface area contributed by atoms with Gasteiger partial charge in [-0.1, -0.05) is 13.8 Å². The Balaban J connectivity index is 2.98. The van der Waals surface area contributed by atoms with Crippen LogP contribution in [0.5, 0.6) is 0 Å². The molecule has 0 aliphatic rings. The van der Waals surface area contributed by atoms with E-state index in [0.29, 0.717) is 6.42 Å². The molecule has 25 heavy (non-hydrogen) atoms. The first-order valence-electron chi connectivity index (χ1n) is 8.45. The van der Waals surface area contributed by atoms with Crippen molar-refractivity contribution >= 4 is 23.4 Å². The standard InChI is InChI=1S/C18H30N2O4S/c1-11(2)14(20(8)17(22)24-18(5,6)7)9-15(23-13(4)21)16-19-12(3)10-25-16/h10-11,14-15H,9H2,1-8H3/t14?,15-/m0/s1. The van der Waals surface area contributed by atoms with E-state index in [0.717, 1.165) is 10.7 Å². The number of rotatable bonds is 6. The molecule has 0 radical (unpaired) electrons. The van der Waals surface area contributed by atoms with Gasteiger partial charge >= 0.3 is 12.1 Å². The average molecular weight is 371 g/mol. The van der Waals surface area contributed by atoms with Crippen LogP contribution in [0.4, 0.5) is 4.79 Å². The maximum atomic E-state index is 12.4. The minimum Gasteiger partial charge on any atom is -0.455 e. The highest BCUT2D eigenvalue weighted by atomic mass is 32.1. The number of aryl methyl sites for hydroxylation is 1. The predicted molar refractivity (Wildman–Crippen MR) is 98.6 cm³/mol. The molecule has 1 aromatic rings. The Hall–Kier alpha value is -1.63. The highest BCUT2D eigenvalue weighted by Crippen LogP contribution is 2.30. The zero-order chi connectivity index (χ0) is 19.4. The zero-order valence-electron chi connectivity index (χ0n) is 16.5. The van der Waals surface area contributed by atoms with Crippen LogP contribution in [0.2, 0.25) is 0 Å². The van der Waals surface area contributed by atoms with E-state index in [1.807, 2.05) is 46.9 Å². The Kier molecular flexibility index (Phi) is 7.41. The van der Waals surface area contributed by atoms with Gasteiger partial charge in [-0.2, -0.15) is 0 Å². The predicted octanol–water partition coefficient (Wildman–Crippen LogP) is 4.34. The van der Waals surface area contributed by atoms with Crippen LogP contribution in [-0.4, -0.2) is 40.6 Å². The first kappa shape index (κ1) is 21.4. The number of thiazole rings is 1. The van der Waals surface area contributed by atoms with E-state index in [-0.39, 0.29) is 24.0 Å². The lowest BCUT2D eigenvalue weighted by atomic mass is 9.96. The molecule has 1 amide bonds. The van der Waals surface area contributed by atoms with E-state index in [1.165, 1.54) is 18.3 Å². The summed E-state index contributed by atoms with van der Waals surface area (Å²) in [6, 6.07) is -0.150. The molecule has 142 valence electrons. The molecule has 0 bridgehead atoms. The van der Waals surface area contributed by atoms with E-state index in [1.54, 1.807) is 11.9 Å². The average Bonchev–Trinajstić information content (AvgIpc) is 2.86.